The highest BCUT2D eigenvalue weighted by atomic mass is 32.2. The highest BCUT2D eigenvalue weighted by Gasteiger charge is 2.21. The first-order valence-electron chi connectivity index (χ1n) is 3.56. The van der Waals surface area contributed by atoms with Gasteiger partial charge in [0.05, 0.1) is 0 Å². The number of hydrogen-bond acceptors (Lipinski definition) is 1. The van der Waals surface area contributed by atoms with Crippen LogP contribution in [0.2, 0.25) is 0 Å². The predicted molar refractivity (Wildman–Crippen MR) is 44.9 cm³/mol. The maximum absolute atomic E-state index is 2.35. The van der Waals surface area contributed by atoms with Crippen LogP contribution in [0.15, 0.2) is 12.2 Å². The monoisotopic (exact) mass is 142 g/mol. The van der Waals surface area contributed by atoms with Crippen LogP contribution < -0.4 is 0 Å². The van der Waals surface area contributed by atoms with E-state index in [1.165, 1.54) is 18.6 Å². The van der Waals surface area contributed by atoms with Crippen molar-refractivity contribution in [2.75, 3.05) is 5.75 Å². The van der Waals surface area contributed by atoms with E-state index in [1.54, 1.807) is 0 Å². The first-order valence-corrected chi connectivity index (χ1v) is 4.54. The Labute approximate surface area is 61.7 Å². The van der Waals surface area contributed by atoms with E-state index >= 15 is 0 Å². The fourth-order valence-corrected chi connectivity index (χ4v) is 2.01. The molecule has 1 heteroatoms. The van der Waals surface area contributed by atoms with Crippen LogP contribution in [0.25, 0.3) is 0 Å². The molecule has 0 nitrogen and oxygen atoms in total. The SMILES string of the molecule is CC[C@]1(C)CC=CCS1. The van der Waals surface area contributed by atoms with Crippen LogP contribution >= 0.6 is 11.8 Å². The zero-order valence-electron chi connectivity index (χ0n) is 6.18. The molecule has 0 bridgehead atoms. The van der Waals surface area contributed by atoms with Gasteiger partial charge in [-0.3, -0.25) is 0 Å². The van der Waals surface area contributed by atoms with Crippen LogP contribution in [0.1, 0.15) is 26.7 Å². The molecular weight excluding hydrogens is 128 g/mol. The summed E-state index contributed by atoms with van der Waals surface area (Å²) in [6.45, 7) is 4.62. The summed E-state index contributed by atoms with van der Waals surface area (Å²) in [5, 5.41) is 0. The average Bonchev–Trinajstić information content (AvgIpc) is 1.90. The number of hydrogen-bond donors (Lipinski definition) is 0. The molecule has 0 aromatic heterocycles. The van der Waals surface area contributed by atoms with Gasteiger partial charge < -0.3 is 0 Å². The van der Waals surface area contributed by atoms with Crippen LogP contribution in [0.5, 0.6) is 0 Å². The zero-order chi connectivity index (χ0) is 6.74. The van der Waals surface area contributed by atoms with Crippen molar-refractivity contribution in [1.82, 2.24) is 0 Å². The summed E-state index contributed by atoms with van der Waals surface area (Å²) in [5.74, 6) is 1.21. The van der Waals surface area contributed by atoms with E-state index in [2.05, 4.69) is 37.8 Å². The Hall–Kier alpha value is 0.0900. The van der Waals surface area contributed by atoms with Gasteiger partial charge in [-0.25, -0.2) is 0 Å². The van der Waals surface area contributed by atoms with E-state index in [9.17, 15) is 0 Å². The fourth-order valence-electron chi connectivity index (χ4n) is 0.955. The van der Waals surface area contributed by atoms with Crippen molar-refractivity contribution in [3.05, 3.63) is 12.2 Å². The zero-order valence-corrected chi connectivity index (χ0v) is 7.00. The standard InChI is InChI=1S/C8H14S/c1-3-8(2)6-4-5-7-9-8/h4-5H,3,6-7H2,1-2H3/t8-/m1/s1. The van der Waals surface area contributed by atoms with Gasteiger partial charge in [0.25, 0.3) is 0 Å². The Balaban J connectivity index is 2.50. The molecule has 0 aliphatic carbocycles. The third kappa shape index (κ3) is 1.75. The Morgan fingerprint density at radius 3 is 2.67 bits per heavy atom. The first-order chi connectivity index (χ1) is 4.27. The van der Waals surface area contributed by atoms with Gasteiger partial charge in [0.2, 0.25) is 0 Å². The van der Waals surface area contributed by atoms with Crippen LogP contribution in [0, 0.1) is 0 Å². The molecule has 0 aromatic rings. The molecule has 9 heavy (non-hydrogen) atoms. The highest BCUT2D eigenvalue weighted by molar-refractivity contribution is 8.00. The lowest BCUT2D eigenvalue weighted by Crippen LogP contribution is -2.20. The van der Waals surface area contributed by atoms with Crippen LogP contribution in [-0.2, 0) is 0 Å². The minimum absolute atomic E-state index is 0.550. The molecule has 1 rings (SSSR count). The third-order valence-corrected chi connectivity index (χ3v) is 3.50. The molecule has 1 atom stereocenters. The van der Waals surface area contributed by atoms with Gasteiger partial charge in [0.15, 0.2) is 0 Å². The maximum Gasteiger partial charge on any atom is 0.0166 e. The second-order valence-electron chi connectivity index (χ2n) is 2.79. The topological polar surface area (TPSA) is 0 Å². The largest absolute Gasteiger partial charge is 0.151 e. The number of thioether (sulfide) groups is 1. The number of allylic oxidation sites excluding steroid dienone is 1. The van der Waals surface area contributed by atoms with E-state index in [4.69, 9.17) is 0 Å². The first kappa shape index (κ1) is 7.20. The van der Waals surface area contributed by atoms with E-state index in [1.807, 2.05) is 0 Å². The van der Waals surface area contributed by atoms with E-state index in [0.29, 0.717) is 4.75 Å². The van der Waals surface area contributed by atoms with Crippen LogP contribution in [-0.4, -0.2) is 10.5 Å². The molecule has 0 fully saturated rings. The molecule has 0 spiro atoms. The van der Waals surface area contributed by atoms with Crippen molar-refractivity contribution in [1.29, 1.82) is 0 Å². The molecule has 1 aliphatic heterocycles. The van der Waals surface area contributed by atoms with E-state index in [0.717, 1.165) is 0 Å². The Morgan fingerprint density at radius 2 is 2.33 bits per heavy atom. The summed E-state index contributed by atoms with van der Waals surface area (Å²) in [6, 6.07) is 0. The molecule has 0 saturated heterocycles. The molecular formula is C8H14S. The smallest absolute Gasteiger partial charge is 0.0166 e. The quantitative estimate of drug-likeness (QED) is 0.507. The molecule has 0 saturated carbocycles. The second kappa shape index (κ2) is 2.78. The molecule has 0 aromatic carbocycles. The lowest BCUT2D eigenvalue weighted by atomic mass is 10.0. The summed E-state index contributed by atoms with van der Waals surface area (Å²) in [4.78, 5) is 0. The lowest BCUT2D eigenvalue weighted by molar-refractivity contribution is 0.626. The average molecular weight is 142 g/mol. The predicted octanol–water partition coefficient (Wildman–Crippen LogP) is 2.85. The summed E-state index contributed by atoms with van der Waals surface area (Å²) >= 11 is 2.08. The molecule has 52 valence electrons. The minimum Gasteiger partial charge on any atom is -0.151 e. The van der Waals surface area contributed by atoms with Crippen molar-refractivity contribution in [2.24, 2.45) is 0 Å². The van der Waals surface area contributed by atoms with Crippen molar-refractivity contribution < 1.29 is 0 Å². The lowest BCUT2D eigenvalue weighted by Gasteiger charge is -2.28. The van der Waals surface area contributed by atoms with Crippen molar-refractivity contribution >= 4 is 11.8 Å². The Morgan fingerprint density at radius 1 is 1.56 bits per heavy atom. The van der Waals surface area contributed by atoms with E-state index in [-0.39, 0.29) is 0 Å². The van der Waals surface area contributed by atoms with Crippen molar-refractivity contribution in [2.45, 2.75) is 31.4 Å². The Bertz CT molecular complexity index is 118. The third-order valence-electron chi connectivity index (χ3n) is 1.99. The van der Waals surface area contributed by atoms with Gasteiger partial charge in [-0.1, -0.05) is 26.0 Å². The minimum atomic E-state index is 0.550. The van der Waals surface area contributed by atoms with Gasteiger partial charge in [-0.15, -0.1) is 0 Å². The summed E-state index contributed by atoms with van der Waals surface area (Å²) < 4.78 is 0.550. The van der Waals surface area contributed by atoms with Crippen LogP contribution in [0.4, 0.5) is 0 Å². The fraction of sp³-hybridized carbons (Fsp3) is 0.750. The van der Waals surface area contributed by atoms with Gasteiger partial charge in [-0.05, 0) is 12.8 Å². The van der Waals surface area contributed by atoms with Gasteiger partial charge in [0.1, 0.15) is 0 Å². The van der Waals surface area contributed by atoms with E-state index < -0.39 is 0 Å². The normalized spacial score (nSPS) is 34.9. The number of rotatable bonds is 1. The second-order valence-corrected chi connectivity index (χ2v) is 4.40. The van der Waals surface area contributed by atoms with Crippen LogP contribution in [0.3, 0.4) is 0 Å². The molecule has 1 heterocycles. The Kier molecular flexibility index (Phi) is 2.23. The van der Waals surface area contributed by atoms with Gasteiger partial charge in [-0.2, -0.15) is 11.8 Å². The molecule has 0 amide bonds. The summed E-state index contributed by atoms with van der Waals surface area (Å²) in [6.07, 6.45) is 7.12. The van der Waals surface area contributed by atoms with Gasteiger partial charge >= 0.3 is 0 Å². The van der Waals surface area contributed by atoms with Gasteiger partial charge in [0, 0.05) is 10.5 Å². The molecule has 0 N–H and O–H groups in total. The molecule has 0 radical (unpaired) electrons. The van der Waals surface area contributed by atoms with Crippen molar-refractivity contribution in [3.63, 3.8) is 0 Å². The molecule has 0 unspecified atom stereocenters. The molecule has 1 aliphatic rings. The van der Waals surface area contributed by atoms with Crippen molar-refractivity contribution in [3.8, 4) is 0 Å². The highest BCUT2D eigenvalue weighted by Crippen LogP contribution is 2.35. The maximum atomic E-state index is 2.35. The summed E-state index contributed by atoms with van der Waals surface area (Å²) in [7, 11) is 0. The summed E-state index contributed by atoms with van der Waals surface area (Å²) in [5.41, 5.74) is 0.